The van der Waals surface area contributed by atoms with Crippen LogP contribution in [0.1, 0.15) is 5.56 Å². The maximum atomic E-state index is 5.57. The van der Waals surface area contributed by atoms with E-state index in [2.05, 4.69) is 39.8 Å². The molecule has 1 heterocycles. The lowest BCUT2D eigenvalue weighted by molar-refractivity contribution is 0.171. The zero-order valence-corrected chi connectivity index (χ0v) is 14.7. The molecule has 6 heteroatoms. The summed E-state index contributed by atoms with van der Waals surface area (Å²) in [4.78, 5) is 2.07. The molecule has 0 amide bonds. The van der Waals surface area contributed by atoms with E-state index >= 15 is 0 Å². The van der Waals surface area contributed by atoms with Crippen LogP contribution in [0.2, 0.25) is 0 Å². The average molecular weight is 343 g/mol. The molecule has 0 bridgehead atoms. The molecule has 0 saturated heterocycles. The number of benzene rings is 2. The van der Waals surface area contributed by atoms with Gasteiger partial charge < -0.3 is 25.0 Å². The fraction of sp³-hybridized carbons (Fsp3) is 0.278. The molecule has 2 aromatic rings. The van der Waals surface area contributed by atoms with Gasteiger partial charge in [-0.1, -0.05) is 12.1 Å². The van der Waals surface area contributed by atoms with Crippen molar-refractivity contribution in [1.82, 2.24) is 5.32 Å². The molecule has 3 rings (SSSR count). The fourth-order valence-corrected chi connectivity index (χ4v) is 2.58. The monoisotopic (exact) mass is 343 g/mol. The van der Waals surface area contributed by atoms with E-state index in [0.717, 1.165) is 17.2 Å². The second kappa shape index (κ2) is 7.40. The summed E-state index contributed by atoms with van der Waals surface area (Å²) in [6, 6.07) is 14.1. The highest BCUT2D eigenvalue weighted by Crippen LogP contribution is 2.32. The normalized spacial score (nSPS) is 12.4. The maximum absolute atomic E-state index is 5.57. The first kappa shape index (κ1) is 16.4. The molecule has 2 N–H and O–H groups in total. The van der Waals surface area contributed by atoms with E-state index in [4.69, 9.17) is 21.7 Å². The van der Waals surface area contributed by atoms with Gasteiger partial charge in [-0.2, -0.15) is 0 Å². The third-order valence-corrected chi connectivity index (χ3v) is 3.95. The smallest absolute Gasteiger partial charge is 0.171 e. The van der Waals surface area contributed by atoms with Gasteiger partial charge in [0, 0.05) is 38.1 Å². The van der Waals surface area contributed by atoms with E-state index in [9.17, 15) is 0 Å². The number of ether oxygens (including phenoxy) is 2. The second-order valence-corrected chi connectivity index (χ2v) is 6.14. The number of nitrogens with zero attached hydrogens (tertiary/aromatic N) is 1. The number of rotatable bonds is 4. The van der Waals surface area contributed by atoms with Gasteiger partial charge in [0.1, 0.15) is 13.2 Å². The predicted molar refractivity (Wildman–Crippen MR) is 101 cm³/mol. The van der Waals surface area contributed by atoms with Gasteiger partial charge in [-0.15, -0.1) is 0 Å². The first-order valence-electron chi connectivity index (χ1n) is 7.82. The summed E-state index contributed by atoms with van der Waals surface area (Å²) < 4.78 is 11.1. The summed E-state index contributed by atoms with van der Waals surface area (Å²) in [6.45, 7) is 1.83. The van der Waals surface area contributed by atoms with Crippen LogP contribution in [0.25, 0.3) is 0 Å². The summed E-state index contributed by atoms with van der Waals surface area (Å²) in [7, 11) is 4.05. The molecule has 1 aliphatic heterocycles. The molecule has 0 saturated carbocycles. The van der Waals surface area contributed by atoms with Crippen molar-refractivity contribution in [3.05, 3.63) is 48.0 Å². The Balaban J connectivity index is 1.54. The van der Waals surface area contributed by atoms with Crippen LogP contribution in [0.5, 0.6) is 11.5 Å². The molecular formula is C18H21N3O2S. The number of hydrogen-bond donors (Lipinski definition) is 2. The van der Waals surface area contributed by atoms with Crippen molar-refractivity contribution >= 4 is 28.7 Å². The molecule has 1 aliphatic rings. The molecule has 0 radical (unpaired) electrons. The Morgan fingerprint density at radius 1 is 1.04 bits per heavy atom. The van der Waals surface area contributed by atoms with Crippen molar-refractivity contribution in [2.24, 2.45) is 0 Å². The van der Waals surface area contributed by atoms with Crippen molar-refractivity contribution < 1.29 is 9.47 Å². The Bertz CT molecular complexity index is 717. The molecule has 0 spiro atoms. The maximum Gasteiger partial charge on any atom is 0.171 e. The third kappa shape index (κ3) is 4.08. The van der Waals surface area contributed by atoms with Gasteiger partial charge in [-0.3, -0.25) is 0 Å². The van der Waals surface area contributed by atoms with Gasteiger partial charge >= 0.3 is 0 Å². The molecule has 126 valence electrons. The minimum absolute atomic E-state index is 0.572. The van der Waals surface area contributed by atoms with Gasteiger partial charge in [0.25, 0.3) is 0 Å². The van der Waals surface area contributed by atoms with E-state index in [1.54, 1.807) is 0 Å². The lowest BCUT2D eigenvalue weighted by atomic mass is 10.2. The summed E-state index contributed by atoms with van der Waals surface area (Å²) >= 11 is 5.35. The van der Waals surface area contributed by atoms with Gasteiger partial charge in [-0.25, -0.2) is 0 Å². The second-order valence-electron chi connectivity index (χ2n) is 5.73. The minimum atomic E-state index is 0.572. The van der Waals surface area contributed by atoms with Crippen LogP contribution in [0.15, 0.2) is 42.5 Å². The van der Waals surface area contributed by atoms with Crippen LogP contribution in [0.4, 0.5) is 11.4 Å². The molecular weight excluding hydrogens is 322 g/mol. The Labute approximate surface area is 147 Å². The lowest BCUT2D eigenvalue weighted by Gasteiger charge is -2.19. The summed E-state index contributed by atoms with van der Waals surface area (Å²) in [6.07, 6.45) is 0. The molecule has 0 aromatic heterocycles. The molecule has 0 aliphatic carbocycles. The first-order valence-corrected chi connectivity index (χ1v) is 8.23. The van der Waals surface area contributed by atoms with Crippen molar-refractivity contribution in [1.29, 1.82) is 0 Å². The van der Waals surface area contributed by atoms with Gasteiger partial charge in [-0.05, 0) is 42.0 Å². The van der Waals surface area contributed by atoms with Crippen molar-refractivity contribution in [3.8, 4) is 11.5 Å². The van der Waals surface area contributed by atoms with Gasteiger partial charge in [0.15, 0.2) is 16.6 Å². The van der Waals surface area contributed by atoms with Crippen LogP contribution < -0.4 is 25.0 Å². The average Bonchev–Trinajstić information content (AvgIpc) is 2.60. The van der Waals surface area contributed by atoms with Crippen LogP contribution in [0, 0.1) is 0 Å². The number of thiocarbonyl (C=S) groups is 1. The molecule has 0 fully saturated rings. The van der Waals surface area contributed by atoms with Crippen molar-refractivity contribution in [2.45, 2.75) is 6.54 Å². The Morgan fingerprint density at radius 3 is 2.46 bits per heavy atom. The fourth-order valence-electron chi connectivity index (χ4n) is 2.39. The Morgan fingerprint density at radius 2 is 1.75 bits per heavy atom. The first-order chi connectivity index (χ1) is 11.6. The van der Waals surface area contributed by atoms with E-state index in [-0.39, 0.29) is 0 Å². The number of fused-ring (bicyclic) bond motifs is 1. The van der Waals surface area contributed by atoms with Crippen molar-refractivity contribution in [2.75, 3.05) is 37.5 Å². The zero-order valence-electron chi connectivity index (χ0n) is 13.8. The zero-order chi connectivity index (χ0) is 16.9. The largest absolute Gasteiger partial charge is 0.486 e. The standard InChI is InChI=1S/C18H21N3O2S/c1-21(2)15-6-3-13(4-7-15)12-19-18(24)20-14-5-8-16-17(11-14)23-10-9-22-16/h3-8,11H,9-10,12H2,1-2H3,(H2,19,20,24). The van der Waals surface area contributed by atoms with Gasteiger partial charge in [0.05, 0.1) is 0 Å². The van der Waals surface area contributed by atoms with Crippen molar-refractivity contribution in [3.63, 3.8) is 0 Å². The summed E-state index contributed by atoms with van der Waals surface area (Å²) in [5.41, 5.74) is 3.22. The van der Waals surface area contributed by atoms with Crippen LogP contribution in [-0.2, 0) is 6.54 Å². The van der Waals surface area contributed by atoms with E-state index in [1.165, 1.54) is 11.3 Å². The Hall–Kier alpha value is -2.47. The quantitative estimate of drug-likeness (QED) is 0.832. The number of anilines is 2. The van der Waals surface area contributed by atoms with Gasteiger partial charge in [0.2, 0.25) is 0 Å². The Kier molecular flexibility index (Phi) is 5.05. The number of nitrogens with one attached hydrogen (secondary N) is 2. The van der Waals surface area contributed by atoms with E-state index < -0.39 is 0 Å². The molecule has 5 nitrogen and oxygen atoms in total. The minimum Gasteiger partial charge on any atom is -0.486 e. The third-order valence-electron chi connectivity index (χ3n) is 3.71. The van der Waals surface area contributed by atoms with Crippen LogP contribution in [-0.4, -0.2) is 32.4 Å². The lowest BCUT2D eigenvalue weighted by Crippen LogP contribution is -2.28. The van der Waals surface area contributed by atoms with E-state index in [1.807, 2.05) is 32.3 Å². The summed E-state index contributed by atoms with van der Waals surface area (Å²) in [5.74, 6) is 1.51. The molecule has 0 unspecified atom stereocenters. The predicted octanol–water partition coefficient (Wildman–Crippen LogP) is 3.01. The number of hydrogen-bond acceptors (Lipinski definition) is 4. The van der Waals surface area contributed by atoms with E-state index in [0.29, 0.717) is 24.9 Å². The highest BCUT2D eigenvalue weighted by atomic mass is 32.1. The topological polar surface area (TPSA) is 45.8 Å². The molecule has 2 aromatic carbocycles. The molecule has 24 heavy (non-hydrogen) atoms. The van der Waals surface area contributed by atoms with Crippen LogP contribution in [0.3, 0.4) is 0 Å². The summed E-state index contributed by atoms with van der Waals surface area (Å²) in [5, 5.41) is 6.95. The molecule has 0 atom stereocenters. The van der Waals surface area contributed by atoms with Crippen LogP contribution >= 0.6 is 12.2 Å². The highest BCUT2D eigenvalue weighted by molar-refractivity contribution is 7.80. The SMILES string of the molecule is CN(C)c1ccc(CNC(=S)Nc2ccc3c(c2)OCCO3)cc1. The highest BCUT2D eigenvalue weighted by Gasteiger charge is 2.12.